The Hall–Kier alpha value is -7.73. The molecule has 9 aromatic carbocycles. The average Bonchev–Trinajstić information content (AvgIpc) is 3.87. The molecule has 12 rings (SSSR count). The van der Waals surface area contributed by atoms with Gasteiger partial charge in [0.15, 0.2) is 17.5 Å². The molecule has 3 aromatic heterocycles. The number of hydrogen-bond acceptors (Lipinski definition) is 4. The van der Waals surface area contributed by atoms with Crippen LogP contribution >= 0.6 is 11.3 Å². The first-order chi connectivity index (χ1) is 29.7. The molecular weight excluding hydrogens is 749 g/mol. The Morgan fingerprint density at radius 3 is 1.57 bits per heavy atom. The minimum Gasteiger partial charge on any atom is -0.308 e. The molecule has 0 aliphatic carbocycles. The van der Waals surface area contributed by atoms with Crippen LogP contribution in [0, 0.1) is 0 Å². The Morgan fingerprint density at radius 2 is 0.833 bits per heavy atom. The van der Waals surface area contributed by atoms with Gasteiger partial charge in [-0.15, -0.1) is 11.3 Å². The summed E-state index contributed by atoms with van der Waals surface area (Å²) in [6.07, 6.45) is 0. The standard InChI is InChI=1S/C55H34N4S/c1-3-16-35(17-4-1)46-34-49(59-47-27-12-9-23-41(47)42-24-10-13-28-48(42)59)52(45-26-8-7-22-40(45)46)55-57-53(36-18-5-2-6-19-36)56-54(58-55)39-21-15-20-37(32-39)38-30-31-44-43-25-11-14-29-50(43)60-51(44)33-38/h1-34H. The number of thiophene rings is 1. The van der Waals surface area contributed by atoms with Gasteiger partial charge in [0.05, 0.1) is 22.3 Å². The van der Waals surface area contributed by atoms with Crippen molar-refractivity contribution in [2.75, 3.05) is 0 Å². The summed E-state index contributed by atoms with van der Waals surface area (Å²) in [5.41, 5.74) is 10.6. The molecule has 0 spiro atoms. The van der Waals surface area contributed by atoms with Crippen LogP contribution in [0.4, 0.5) is 0 Å². The van der Waals surface area contributed by atoms with E-state index >= 15 is 0 Å². The number of rotatable bonds is 6. The van der Waals surface area contributed by atoms with Crippen LogP contribution in [-0.2, 0) is 0 Å². The molecule has 4 nitrogen and oxygen atoms in total. The first kappa shape index (κ1) is 34.3. The predicted octanol–water partition coefficient (Wildman–Crippen LogP) is 14.8. The zero-order valence-corrected chi connectivity index (χ0v) is 33.1. The van der Waals surface area contributed by atoms with Crippen LogP contribution in [0.15, 0.2) is 206 Å². The van der Waals surface area contributed by atoms with E-state index in [-0.39, 0.29) is 0 Å². The smallest absolute Gasteiger partial charge is 0.166 e. The van der Waals surface area contributed by atoms with Crippen LogP contribution in [-0.4, -0.2) is 19.5 Å². The molecule has 12 aromatic rings. The van der Waals surface area contributed by atoms with Gasteiger partial charge in [-0.2, -0.15) is 0 Å². The molecule has 60 heavy (non-hydrogen) atoms. The molecule has 0 fully saturated rings. The number of para-hydroxylation sites is 2. The quantitative estimate of drug-likeness (QED) is 0.169. The van der Waals surface area contributed by atoms with Crippen LogP contribution in [0.2, 0.25) is 0 Å². The van der Waals surface area contributed by atoms with Gasteiger partial charge < -0.3 is 4.57 Å². The highest BCUT2D eigenvalue weighted by Crippen LogP contribution is 2.44. The van der Waals surface area contributed by atoms with Gasteiger partial charge in [0.25, 0.3) is 0 Å². The van der Waals surface area contributed by atoms with Crippen LogP contribution in [0.3, 0.4) is 0 Å². The number of hydrogen-bond donors (Lipinski definition) is 0. The second kappa shape index (κ2) is 14.0. The molecule has 0 saturated carbocycles. The maximum absolute atomic E-state index is 5.46. The minimum absolute atomic E-state index is 0.614. The van der Waals surface area contributed by atoms with Crippen LogP contribution in [0.25, 0.3) is 115 Å². The van der Waals surface area contributed by atoms with Gasteiger partial charge in [-0.05, 0) is 69.4 Å². The molecule has 3 heterocycles. The third-order valence-corrected chi connectivity index (χ3v) is 12.8. The lowest BCUT2D eigenvalue weighted by Gasteiger charge is -2.20. The third kappa shape index (κ3) is 5.63. The van der Waals surface area contributed by atoms with Crippen molar-refractivity contribution >= 4 is 64.1 Å². The summed E-state index contributed by atoms with van der Waals surface area (Å²) in [4.78, 5) is 16.1. The van der Waals surface area contributed by atoms with Gasteiger partial charge in [-0.25, -0.2) is 15.0 Å². The lowest BCUT2D eigenvalue weighted by molar-refractivity contribution is 1.07. The average molecular weight is 783 g/mol. The normalized spacial score (nSPS) is 11.7. The Balaban J connectivity index is 1.13. The fraction of sp³-hybridized carbons (Fsp3) is 0. The Morgan fingerprint density at radius 1 is 0.317 bits per heavy atom. The SMILES string of the molecule is c1ccc(-c2nc(-c3cccc(-c4ccc5c(c4)sc4ccccc45)c3)nc(-c3c(-n4c5ccccc5c5ccccc54)cc(-c4ccccc4)c4ccccc34)n2)cc1. The molecular formula is C55H34N4S. The number of nitrogens with zero attached hydrogens (tertiary/aromatic N) is 4. The molecule has 280 valence electrons. The maximum Gasteiger partial charge on any atom is 0.166 e. The molecule has 0 aliphatic rings. The van der Waals surface area contributed by atoms with Gasteiger partial charge in [0.1, 0.15) is 0 Å². The van der Waals surface area contributed by atoms with Crippen molar-refractivity contribution in [2.45, 2.75) is 0 Å². The zero-order valence-electron chi connectivity index (χ0n) is 32.3. The van der Waals surface area contributed by atoms with Crippen molar-refractivity contribution < 1.29 is 0 Å². The molecule has 0 radical (unpaired) electrons. The van der Waals surface area contributed by atoms with E-state index in [0.29, 0.717) is 17.5 Å². The van der Waals surface area contributed by atoms with Crippen molar-refractivity contribution in [1.82, 2.24) is 19.5 Å². The predicted molar refractivity (Wildman–Crippen MR) is 252 cm³/mol. The van der Waals surface area contributed by atoms with E-state index in [1.165, 1.54) is 30.9 Å². The Bertz CT molecular complexity index is 3550. The molecule has 0 unspecified atom stereocenters. The Kier molecular flexibility index (Phi) is 8.00. The van der Waals surface area contributed by atoms with Crippen LogP contribution in [0.1, 0.15) is 0 Å². The van der Waals surface area contributed by atoms with E-state index in [1.807, 2.05) is 29.5 Å². The number of fused-ring (bicyclic) bond motifs is 7. The molecule has 0 N–H and O–H groups in total. The fourth-order valence-corrected chi connectivity index (χ4v) is 10.0. The monoisotopic (exact) mass is 782 g/mol. The van der Waals surface area contributed by atoms with Crippen molar-refractivity contribution in [3.63, 3.8) is 0 Å². The van der Waals surface area contributed by atoms with Crippen molar-refractivity contribution in [1.29, 1.82) is 0 Å². The van der Waals surface area contributed by atoms with E-state index < -0.39 is 0 Å². The lowest BCUT2D eigenvalue weighted by Crippen LogP contribution is -2.05. The number of benzene rings is 9. The molecule has 0 amide bonds. The van der Waals surface area contributed by atoms with Gasteiger partial charge >= 0.3 is 0 Å². The van der Waals surface area contributed by atoms with Gasteiger partial charge in [-0.1, -0.05) is 170 Å². The van der Waals surface area contributed by atoms with E-state index in [9.17, 15) is 0 Å². The van der Waals surface area contributed by atoms with E-state index in [2.05, 4.69) is 193 Å². The molecule has 0 saturated heterocycles. The molecule has 5 heteroatoms. The zero-order chi connectivity index (χ0) is 39.6. The highest BCUT2D eigenvalue weighted by atomic mass is 32.1. The lowest BCUT2D eigenvalue weighted by atomic mass is 9.92. The molecule has 0 bridgehead atoms. The highest BCUT2D eigenvalue weighted by molar-refractivity contribution is 7.25. The summed E-state index contributed by atoms with van der Waals surface area (Å²) >= 11 is 1.84. The largest absolute Gasteiger partial charge is 0.308 e. The summed E-state index contributed by atoms with van der Waals surface area (Å²) in [6, 6.07) is 73.3. The summed E-state index contributed by atoms with van der Waals surface area (Å²) in [5, 5.41) is 7.17. The first-order valence-corrected chi connectivity index (χ1v) is 21.0. The molecule has 0 aliphatic heterocycles. The fourth-order valence-electron chi connectivity index (χ4n) is 8.89. The minimum atomic E-state index is 0.614. The van der Waals surface area contributed by atoms with E-state index in [0.717, 1.165) is 66.4 Å². The summed E-state index contributed by atoms with van der Waals surface area (Å²) in [6.45, 7) is 0. The van der Waals surface area contributed by atoms with E-state index in [1.54, 1.807) is 0 Å². The highest BCUT2D eigenvalue weighted by Gasteiger charge is 2.24. The summed E-state index contributed by atoms with van der Waals surface area (Å²) in [5.74, 6) is 1.86. The first-order valence-electron chi connectivity index (χ1n) is 20.2. The summed E-state index contributed by atoms with van der Waals surface area (Å²) < 4.78 is 4.97. The Labute approximate surface area is 350 Å². The van der Waals surface area contributed by atoms with Gasteiger partial charge in [-0.3, -0.25) is 0 Å². The van der Waals surface area contributed by atoms with Crippen molar-refractivity contribution in [3.05, 3.63) is 206 Å². The third-order valence-electron chi connectivity index (χ3n) is 11.7. The van der Waals surface area contributed by atoms with Crippen LogP contribution < -0.4 is 0 Å². The van der Waals surface area contributed by atoms with E-state index in [4.69, 9.17) is 15.0 Å². The summed E-state index contributed by atoms with van der Waals surface area (Å²) in [7, 11) is 0. The van der Waals surface area contributed by atoms with Gasteiger partial charge in [0.2, 0.25) is 0 Å². The maximum atomic E-state index is 5.46. The molecule has 0 atom stereocenters. The van der Waals surface area contributed by atoms with Crippen molar-refractivity contribution in [3.8, 4) is 62.1 Å². The topological polar surface area (TPSA) is 43.6 Å². The van der Waals surface area contributed by atoms with Gasteiger partial charge in [0, 0.05) is 42.1 Å². The van der Waals surface area contributed by atoms with Crippen LogP contribution in [0.5, 0.6) is 0 Å². The second-order valence-electron chi connectivity index (χ2n) is 15.2. The van der Waals surface area contributed by atoms with Crippen molar-refractivity contribution in [2.24, 2.45) is 0 Å². The number of aromatic nitrogens is 4. The second-order valence-corrected chi connectivity index (χ2v) is 16.2.